The lowest BCUT2D eigenvalue weighted by molar-refractivity contribution is -0.142. The molecule has 2 amide bonds. The van der Waals surface area contributed by atoms with E-state index in [1.54, 1.807) is 18.2 Å². The summed E-state index contributed by atoms with van der Waals surface area (Å²) in [6, 6.07) is 22.6. The fourth-order valence-corrected chi connectivity index (χ4v) is 4.22. The van der Waals surface area contributed by atoms with Crippen molar-refractivity contribution in [3.63, 3.8) is 0 Å². The molecule has 5 nitrogen and oxygen atoms in total. The third kappa shape index (κ3) is 8.17. The third-order valence-corrected chi connectivity index (χ3v) is 6.30. The average molecular weight is 519 g/mol. The molecule has 0 radical (unpaired) electrons. The van der Waals surface area contributed by atoms with Crippen molar-refractivity contribution in [2.45, 2.75) is 59.0 Å². The van der Waals surface area contributed by atoms with E-state index >= 15 is 0 Å². The van der Waals surface area contributed by atoms with Crippen LogP contribution in [0.5, 0.6) is 5.75 Å². The van der Waals surface area contributed by atoms with Gasteiger partial charge in [0.2, 0.25) is 5.91 Å². The molecule has 0 saturated carbocycles. The fourth-order valence-electron chi connectivity index (χ4n) is 4.22. The summed E-state index contributed by atoms with van der Waals surface area (Å²) in [6.07, 6.45) is 0.295. The first-order chi connectivity index (χ1) is 18.1. The van der Waals surface area contributed by atoms with Crippen LogP contribution in [0.4, 0.5) is 4.39 Å². The number of ether oxygens (including phenoxy) is 1. The number of carbonyl (C=O) groups excluding carboxylic acids is 2. The predicted octanol–water partition coefficient (Wildman–Crippen LogP) is 5.91. The van der Waals surface area contributed by atoms with Gasteiger partial charge in [0.25, 0.3) is 5.91 Å². The normalized spacial score (nSPS) is 12.2. The van der Waals surface area contributed by atoms with Gasteiger partial charge in [0, 0.05) is 25.1 Å². The van der Waals surface area contributed by atoms with Gasteiger partial charge in [-0.2, -0.15) is 0 Å². The predicted molar refractivity (Wildman–Crippen MR) is 149 cm³/mol. The molecule has 38 heavy (non-hydrogen) atoms. The summed E-state index contributed by atoms with van der Waals surface area (Å²) < 4.78 is 20.8. The number of para-hydroxylation sites is 1. The summed E-state index contributed by atoms with van der Waals surface area (Å²) in [6.45, 7) is 10.4. The molecule has 0 aliphatic carbocycles. The SMILES string of the molecule is CC(C)CNC(=O)[C@H](Cc1ccccc1)N(Cc1ccccc1F)C(=O)COc1ccccc1C(C)(C)C. The molecule has 3 aromatic rings. The van der Waals surface area contributed by atoms with Crippen LogP contribution in [0.15, 0.2) is 78.9 Å². The number of carbonyl (C=O) groups is 2. The molecule has 0 unspecified atom stereocenters. The van der Waals surface area contributed by atoms with E-state index in [1.807, 2.05) is 68.4 Å². The van der Waals surface area contributed by atoms with Gasteiger partial charge in [-0.05, 0) is 34.6 Å². The molecule has 0 heterocycles. The van der Waals surface area contributed by atoms with Crippen LogP contribution < -0.4 is 10.1 Å². The van der Waals surface area contributed by atoms with Crippen LogP contribution in [0.1, 0.15) is 51.3 Å². The van der Waals surface area contributed by atoms with Crippen molar-refractivity contribution in [1.29, 1.82) is 0 Å². The number of nitrogens with zero attached hydrogens (tertiary/aromatic N) is 1. The molecule has 0 bridgehead atoms. The molecule has 1 atom stereocenters. The Hall–Kier alpha value is -3.67. The number of benzene rings is 3. The highest BCUT2D eigenvalue weighted by Gasteiger charge is 2.31. The Kier molecular flexibility index (Phi) is 10.1. The maximum atomic E-state index is 14.7. The lowest BCUT2D eigenvalue weighted by atomic mass is 9.86. The molecule has 3 rings (SSSR count). The largest absolute Gasteiger partial charge is 0.483 e. The fraction of sp³-hybridized carbons (Fsp3) is 0.375. The van der Waals surface area contributed by atoms with E-state index in [2.05, 4.69) is 26.1 Å². The summed E-state index contributed by atoms with van der Waals surface area (Å²) >= 11 is 0. The summed E-state index contributed by atoms with van der Waals surface area (Å²) in [5.41, 5.74) is 2.04. The van der Waals surface area contributed by atoms with Crippen LogP contribution in [0.25, 0.3) is 0 Å². The van der Waals surface area contributed by atoms with Crippen molar-refractivity contribution in [3.05, 3.63) is 101 Å². The van der Waals surface area contributed by atoms with E-state index in [0.717, 1.165) is 11.1 Å². The van der Waals surface area contributed by atoms with Gasteiger partial charge in [-0.3, -0.25) is 9.59 Å². The zero-order valence-electron chi connectivity index (χ0n) is 23.0. The topological polar surface area (TPSA) is 58.6 Å². The molecule has 1 N–H and O–H groups in total. The number of amides is 2. The summed E-state index contributed by atoms with van der Waals surface area (Å²) in [7, 11) is 0. The highest BCUT2D eigenvalue weighted by atomic mass is 19.1. The van der Waals surface area contributed by atoms with Crippen molar-refractivity contribution in [1.82, 2.24) is 10.2 Å². The Morgan fingerprint density at radius 1 is 0.921 bits per heavy atom. The van der Waals surface area contributed by atoms with Crippen LogP contribution in [0.2, 0.25) is 0 Å². The lowest BCUT2D eigenvalue weighted by Gasteiger charge is -2.32. The quantitative estimate of drug-likeness (QED) is 0.343. The van der Waals surface area contributed by atoms with Crippen LogP contribution in [0.3, 0.4) is 0 Å². The van der Waals surface area contributed by atoms with Gasteiger partial charge in [-0.25, -0.2) is 4.39 Å². The average Bonchev–Trinajstić information content (AvgIpc) is 2.89. The van der Waals surface area contributed by atoms with Gasteiger partial charge in [0.15, 0.2) is 6.61 Å². The van der Waals surface area contributed by atoms with E-state index in [9.17, 15) is 14.0 Å². The first-order valence-corrected chi connectivity index (χ1v) is 13.1. The van der Waals surface area contributed by atoms with Crippen molar-refractivity contribution >= 4 is 11.8 Å². The maximum Gasteiger partial charge on any atom is 0.261 e. The van der Waals surface area contributed by atoms with Gasteiger partial charge in [0.1, 0.15) is 17.6 Å². The zero-order valence-corrected chi connectivity index (χ0v) is 23.0. The Labute approximate surface area is 226 Å². The third-order valence-electron chi connectivity index (χ3n) is 6.30. The van der Waals surface area contributed by atoms with Crippen LogP contribution in [-0.4, -0.2) is 35.9 Å². The monoisotopic (exact) mass is 518 g/mol. The van der Waals surface area contributed by atoms with Gasteiger partial charge in [-0.15, -0.1) is 0 Å². The molecule has 0 spiro atoms. The molecule has 0 aromatic heterocycles. The Bertz CT molecular complexity index is 1200. The van der Waals surface area contributed by atoms with Crippen molar-refractivity contribution < 1.29 is 18.7 Å². The van der Waals surface area contributed by atoms with Crippen molar-refractivity contribution in [2.24, 2.45) is 5.92 Å². The minimum absolute atomic E-state index is 0.0532. The molecule has 0 saturated heterocycles. The van der Waals surface area contributed by atoms with E-state index < -0.39 is 17.8 Å². The summed E-state index contributed by atoms with van der Waals surface area (Å²) in [5.74, 6) is -0.238. The molecule has 3 aromatic carbocycles. The van der Waals surface area contributed by atoms with Gasteiger partial charge in [0.05, 0.1) is 0 Å². The maximum absolute atomic E-state index is 14.7. The number of nitrogens with one attached hydrogen (secondary N) is 1. The standard InChI is InChI=1S/C32H39FN2O3/c1-23(2)20-34-31(37)28(19-24-13-7-6-8-14-24)35(21-25-15-9-11-17-27(25)33)30(36)22-38-29-18-12-10-16-26(29)32(3,4)5/h6-18,23,28H,19-22H2,1-5H3,(H,34,37)/t28-/m0/s1. The van der Waals surface area contributed by atoms with Crippen LogP contribution >= 0.6 is 0 Å². The van der Waals surface area contributed by atoms with Gasteiger partial charge < -0.3 is 15.0 Å². The minimum Gasteiger partial charge on any atom is -0.483 e. The molecule has 0 aliphatic rings. The first kappa shape index (κ1) is 28.9. The Balaban J connectivity index is 1.94. The highest BCUT2D eigenvalue weighted by Crippen LogP contribution is 2.31. The second-order valence-electron chi connectivity index (χ2n) is 11.0. The van der Waals surface area contributed by atoms with Crippen LogP contribution in [0, 0.1) is 11.7 Å². The number of hydrogen-bond acceptors (Lipinski definition) is 3. The molecule has 6 heteroatoms. The summed E-state index contributed by atoms with van der Waals surface area (Å²) in [5, 5.41) is 2.97. The van der Waals surface area contributed by atoms with Crippen molar-refractivity contribution in [2.75, 3.05) is 13.2 Å². The van der Waals surface area contributed by atoms with Gasteiger partial charge in [-0.1, -0.05) is 101 Å². The van der Waals surface area contributed by atoms with Gasteiger partial charge >= 0.3 is 0 Å². The molecule has 0 aliphatic heterocycles. The van der Waals surface area contributed by atoms with Crippen LogP contribution in [-0.2, 0) is 28.0 Å². The van der Waals surface area contributed by atoms with E-state index in [0.29, 0.717) is 24.3 Å². The molecular weight excluding hydrogens is 479 g/mol. The van der Waals surface area contributed by atoms with E-state index in [4.69, 9.17) is 4.74 Å². The first-order valence-electron chi connectivity index (χ1n) is 13.1. The molecular formula is C32H39FN2O3. The summed E-state index contributed by atoms with van der Waals surface area (Å²) in [4.78, 5) is 28.7. The van der Waals surface area contributed by atoms with E-state index in [1.165, 1.54) is 11.0 Å². The number of rotatable bonds is 11. The number of halogens is 1. The second kappa shape index (κ2) is 13.2. The Morgan fingerprint density at radius 3 is 2.21 bits per heavy atom. The molecule has 0 fully saturated rings. The van der Waals surface area contributed by atoms with Crippen molar-refractivity contribution in [3.8, 4) is 5.75 Å². The Morgan fingerprint density at radius 2 is 1.55 bits per heavy atom. The highest BCUT2D eigenvalue weighted by molar-refractivity contribution is 5.88. The number of hydrogen-bond donors (Lipinski definition) is 1. The smallest absolute Gasteiger partial charge is 0.261 e. The molecule has 202 valence electrons. The second-order valence-corrected chi connectivity index (χ2v) is 11.0. The lowest BCUT2D eigenvalue weighted by Crippen LogP contribution is -2.52. The minimum atomic E-state index is -0.843. The zero-order chi connectivity index (χ0) is 27.7. The van der Waals surface area contributed by atoms with E-state index in [-0.39, 0.29) is 30.4 Å².